The molecule has 0 bridgehead atoms. The standard InChI is InChI=1S/C14H17N3O3/c1-8(18)9-6-16-13-10(9)7-15-11(17-13)5-12(19)20-14(2,3)4/h6-7H,5H2,1-4H3,(H,15,16,17). The van der Waals surface area contributed by atoms with Crippen LogP contribution in [0.5, 0.6) is 0 Å². The van der Waals surface area contributed by atoms with Gasteiger partial charge in [-0.1, -0.05) is 0 Å². The van der Waals surface area contributed by atoms with E-state index in [1.165, 1.54) is 6.92 Å². The van der Waals surface area contributed by atoms with Gasteiger partial charge in [0.25, 0.3) is 0 Å². The van der Waals surface area contributed by atoms with E-state index < -0.39 is 5.60 Å². The van der Waals surface area contributed by atoms with Crippen molar-refractivity contribution in [2.75, 3.05) is 0 Å². The number of fused-ring (bicyclic) bond motifs is 1. The average molecular weight is 275 g/mol. The molecule has 0 saturated carbocycles. The van der Waals surface area contributed by atoms with E-state index in [0.717, 1.165) is 0 Å². The zero-order valence-electron chi connectivity index (χ0n) is 12.0. The van der Waals surface area contributed by atoms with Gasteiger partial charge in [-0.05, 0) is 27.7 Å². The molecule has 0 unspecified atom stereocenters. The Labute approximate surface area is 116 Å². The third-order valence-corrected chi connectivity index (χ3v) is 2.58. The molecule has 2 heterocycles. The fraction of sp³-hybridized carbons (Fsp3) is 0.429. The minimum Gasteiger partial charge on any atom is -0.460 e. The normalized spacial score (nSPS) is 11.6. The lowest BCUT2D eigenvalue weighted by molar-refractivity contribution is -0.154. The van der Waals surface area contributed by atoms with Crippen LogP contribution < -0.4 is 0 Å². The second-order valence-corrected chi connectivity index (χ2v) is 5.57. The summed E-state index contributed by atoms with van der Waals surface area (Å²) >= 11 is 0. The molecule has 20 heavy (non-hydrogen) atoms. The van der Waals surface area contributed by atoms with Crippen LogP contribution in [0.2, 0.25) is 0 Å². The van der Waals surface area contributed by atoms with Crippen molar-refractivity contribution in [2.45, 2.75) is 39.7 Å². The average Bonchev–Trinajstić information content (AvgIpc) is 2.68. The van der Waals surface area contributed by atoms with Gasteiger partial charge in [-0.2, -0.15) is 0 Å². The first-order valence-corrected chi connectivity index (χ1v) is 6.32. The molecule has 0 aliphatic rings. The molecule has 0 radical (unpaired) electrons. The number of ether oxygens (including phenoxy) is 1. The van der Waals surface area contributed by atoms with Gasteiger partial charge in [-0.3, -0.25) is 9.59 Å². The number of Topliss-reactive ketones (excluding diaryl/α,β-unsaturated/α-hetero) is 1. The molecule has 0 amide bonds. The van der Waals surface area contributed by atoms with Crippen molar-refractivity contribution in [3.05, 3.63) is 23.8 Å². The summed E-state index contributed by atoms with van der Waals surface area (Å²) in [7, 11) is 0. The molecular formula is C14H17N3O3. The lowest BCUT2D eigenvalue weighted by Crippen LogP contribution is -2.25. The monoisotopic (exact) mass is 275 g/mol. The predicted molar refractivity (Wildman–Crippen MR) is 73.4 cm³/mol. The van der Waals surface area contributed by atoms with Crippen molar-refractivity contribution in [1.29, 1.82) is 0 Å². The molecule has 6 heteroatoms. The third-order valence-electron chi connectivity index (χ3n) is 2.58. The summed E-state index contributed by atoms with van der Waals surface area (Å²) in [4.78, 5) is 34.3. The van der Waals surface area contributed by atoms with Crippen molar-refractivity contribution in [3.8, 4) is 0 Å². The van der Waals surface area contributed by atoms with Crippen molar-refractivity contribution >= 4 is 22.8 Å². The molecule has 0 fully saturated rings. The molecule has 0 spiro atoms. The number of nitrogens with zero attached hydrogens (tertiary/aromatic N) is 2. The Morgan fingerprint density at radius 2 is 2.05 bits per heavy atom. The molecule has 2 aromatic rings. The highest BCUT2D eigenvalue weighted by Crippen LogP contribution is 2.16. The number of esters is 1. The van der Waals surface area contributed by atoms with E-state index in [1.807, 2.05) is 0 Å². The van der Waals surface area contributed by atoms with E-state index >= 15 is 0 Å². The highest BCUT2D eigenvalue weighted by Gasteiger charge is 2.18. The Hall–Kier alpha value is -2.24. The first-order chi connectivity index (χ1) is 9.26. The van der Waals surface area contributed by atoms with E-state index in [2.05, 4.69) is 15.0 Å². The second kappa shape index (κ2) is 5.03. The quantitative estimate of drug-likeness (QED) is 0.684. The van der Waals surface area contributed by atoms with E-state index in [4.69, 9.17) is 4.74 Å². The van der Waals surface area contributed by atoms with Crippen LogP contribution in [0.25, 0.3) is 11.0 Å². The molecule has 0 saturated heterocycles. The summed E-state index contributed by atoms with van der Waals surface area (Å²) in [6, 6.07) is 0. The Kier molecular flexibility index (Phi) is 3.57. The number of aromatic amines is 1. The van der Waals surface area contributed by atoms with Crippen molar-refractivity contribution in [2.24, 2.45) is 0 Å². The van der Waals surface area contributed by atoms with Crippen LogP contribution in [0, 0.1) is 0 Å². The molecule has 2 rings (SSSR count). The molecule has 0 atom stereocenters. The van der Waals surface area contributed by atoms with Crippen LogP contribution in [-0.2, 0) is 16.0 Å². The third kappa shape index (κ3) is 3.20. The van der Waals surface area contributed by atoms with Crippen molar-refractivity contribution in [3.63, 3.8) is 0 Å². The smallest absolute Gasteiger partial charge is 0.314 e. The topological polar surface area (TPSA) is 84.9 Å². The largest absolute Gasteiger partial charge is 0.460 e. The fourth-order valence-electron chi connectivity index (χ4n) is 1.83. The Morgan fingerprint density at radius 1 is 1.35 bits per heavy atom. The van der Waals surface area contributed by atoms with Gasteiger partial charge in [0, 0.05) is 23.3 Å². The number of hydrogen-bond acceptors (Lipinski definition) is 5. The van der Waals surface area contributed by atoms with Gasteiger partial charge in [-0.25, -0.2) is 9.97 Å². The predicted octanol–water partition coefficient (Wildman–Crippen LogP) is 2.04. The summed E-state index contributed by atoms with van der Waals surface area (Å²) in [5.41, 5.74) is 0.558. The zero-order chi connectivity index (χ0) is 14.9. The number of nitrogens with one attached hydrogen (secondary N) is 1. The van der Waals surface area contributed by atoms with Gasteiger partial charge in [0.05, 0.1) is 0 Å². The van der Waals surface area contributed by atoms with Gasteiger partial charge in [0.1, 0.15) is 23.5 Å². The first kappa shape index (κ1) is 14.2. The molecule has 1 N–H and O–H groups in total. The van der Waals surface area contributed by atoms with Gasteiger partial charge in [0.2, 0.25) is 0 Å². The second-order valence-electron chi connectivity index (χ2n) is 5.57. The minimum absolute atomic E-state index is 0.00162. The zero-order valence-corrected chi connectivity index (χ0v) is 12.0. The SMILES string of the molecule is CC(=O)c1c[nH]c2nc(CC(=O)OC(C)(C)C)ncc12. The maximum Gasteiger partial charge on any atom is 0.314 e. The van der Waals surface area contributed by atoms with Crippen LogP contribution in [-0.4, -0.2) is 32.3 Å². The lowest BCUT2D eigenvalue weighted by atomic mass is 10.2. The summed E-state index contributed by atoms with van der Waals surface area (Å²) < 4.78 is 5.21. The summed E-state index contributed by atoms with van der Waals surface area (Å²) in [5.74, 6) is -0.0707. The molecule has 0 aliphatic heterocycles. The van der Waals surface area contributed by atoms with Gasteiger partial charge in [0.15, 0.2) is 5.78 Å². The van der Waals surface area contributed by atoms with E-state index in [9.17, 15) is 9.59 Å². The molecule has 2 aromatic heterocycles. The molecule has 106 valence electrons. The summed E-state index contributed by atoms with van der Waals surface area (Å²) in [6.07, 6.45) is 3.15. The van der Waals surface area contributed by atoms with E-state index in [0.29, 0.717) is 22.4 Å². The van der Waals surface area contributed by atoms with Gasteiger partial charge < -0.3 is 9.72 Å². The molecular weight excluding hydrogens is 258 g/mol. The van der Waals surface area contributed by atoms with E-state index in [-0.39, 0.29) is 18.2 Å². The van der Waals surface area contributed by atoms with Crippen molar-refractivity contribution < 1.29 is 14.3 Å². The minimum atomic E-state index is -0.532. The fourth-order valence-corrected chi connectivity index (χ4v) is 1.83. The maximum absolute atomic E-state index is 11.7. The van der Waals surface area contributed by atoms with Crippen LogP contribution in [0.3, 0.4) is 0 Å². The van der Waals surface area contributed by atoms with Crippen LogP contribution in [0.1, 0.15) is 43.9 Å². The van der Waals surface area contributed by atoms with E-state index in [1.54, 1.807) is 33.2 Å². The number of carbonyl (C=O) groups excluding carboxylic acids is 2. The number of hydrogen-bond donors (Lipinski definition) is 1. The van der Waals surface area contributed by atoms with Crippen LogP contribution in [0.15, 0.2) is 12.4 Å². The lowest BCUT2D eigenvalue weighted by Gasteiger charge is -2.19. The number of carbonyl (C=O) groups is 2. The van der Waals surface area contributed by atoms with Crippen molar-refractivity contribution in [1.82, 2.24) is 15.0 Å². The highest BCUT2D eigenvalue weighted by molar-refractivity contribution is 6.05. The molecule has 0 aromatic carbocycles. The number of ketones is 1. The molecule has 6 nitrogen and oxygen atoms in total. The van der Waals surface area contributed by atoms with Crippen LogP contribution in [0.4, 0.5) is 0 Å². The number of aromatic nitrogens is 3. The Bertz CT molecular complexity index is 668. The number of H-pyrrole nitrogens is 1. The van der Waals surface area contributed by atoms with Gasteiger partial charge >= 0.3 is 5.97 Å². The Balaban J connectivity index is 2.21. The summed E-state index contributed by atoms with van der Waals surface area (Å²) in [5, 5.41) is 0.658. The Morgan fingerprint density at radius 3 is 2.65 bits per heavy atom. The number of rotatable bonds is 3. The highest BCUT2D eigenvalue weighted by atomic mass is 16.6. The summed E-state index contributed by atoms with van der Waals surface area (Å²) in [6.45, 7) is 6.90. The first-order valence-electron chi connectivity index (χ1n) is 6.32. The van der Waals surface area contributed by atoms with Gasteiger partial charge in [-0.15, -0.1) is 0 Å². The molecule has 0 aliphatic carbocycles. The van der Waals surface area contributed by atoms with Crippen LogP contribution >= 0.6 is 0 Å². The maximum atomic E-state index is 11.7.